The monoisotopic (exact) mass is 404 g/mol. The zero-order valence-corrected chi connectivity index (χ0v) is 16.3. The molecule has 1 aliphatic heterocycles. The molecule has 1 saturated heterocycles. The van der Waals surface area contributed by atoms with Gasteiger partial charge in [-0.25, -0.2) is 13.2 Å². The average molecular weight is 405 g/mol. The molecule has 0 N–H and O–H groups in total. The highest BCUT2D eigenvalue weighted by molar-refractivity contribution is 7.92. The molecule has 0 radical (unpaired) electrons. The summed E-state index contributed by atoms with van der Waals surface area (Å²) in [5.74, 6) is 0.0618. The van der Waals surface area contributed by atoms with Crippen LogP contribution in [0, 0.1) is 16.0 Å². The molecule has 0 atom stereocenters. The van der Waals surface area contributed by atoms with Gasteiger partial charge in [0.15, 0.2) is 9.84 Å². The standard InChI is InChI=1S/C16H21ClN2O6S/c1-16(2,3)25-15(20)18(7-6-11-9-26(23,24)10-11)13-5-4-12(17)8-14(13)19(21)22/h4-5,8,11H,6-7,9-10H2,1-3H3. The Morgan fingerprint density at radius 3 is 2.50 bits per heavy atom. The summed E-state index contributed by atoms with van der Waals surface area (Å²) in [6.45, 7) is 5.19. The number of benzene rings is 1. The van der Waals surface area contributed by atoms with Crippen LogP contribution >= 0.6 is 11.6 Å². The minimum absolute atomic E-state index is 0.0656. The number of sulfone groups is 1. The molecule has 8 nitrogen and oxygen atoms in total. The molecule has 0 aromatic heterocycles. The number of ether oxygens (including phenoxy) is 1. The van der Waals surface area contributed by atoms with E-state index in [4.69, 9.17) is 16.3 Å². The molecular formula is C16H21ClN2O6S. The first kappa shape index (κ1) is 20.4. The smallest absolute Gasteiger partial charge is 0.415 e. The molecule has 1 amide bonds. The molecule has 0 saturated carbocycles. The highest BCUT2D eigenvalue weighted by Gasteiger charge is 2.35. The molecule has 10 heteroatoms. The molecule has 1 aliphatic rings. The summed E-state index contributed by atoms with van der Waals surface area (Å²) in [7, 11) is -2.98. The number of amides is 1. The van der Waals surface area contributed by atoms with Crippen molar-refractivity contribution in [2.45, 2.75) is 32.8 Å². The number of carbonyl (C=O) groups excluding carboxylic acids is 1. The van der Waals surface area contributed by atoms with Gasteiger partial charge in [0.2, 0.25) is 0 Å². The second kappa shape index (κ2) is 7.40. The van der Waals surface area contributed by atoms with Crippen LogP contribution in [0.2, 0.25) is 5.02 Å². The lowest BCUT2D eigenvalue weighted by Crippen LogP contribution is -2.42. The Morgan fingerprint density at radius 2 is 2.00 bits per heavy atom. The molecule has 0 aliphatic carbocycles. The first-order chi connectivity index (χ1) is 11.9. The Labute approximate surface area is 157 Å². The Hall–Kier alpha value is -1.87. The average Bonchev–Trinajstić information content (AvgIpc) is 2.44. The second-order valence-corrected chi connectivity index (χ2v) is 9.84. The Kier molecular flexibility index (Phi) is 5.82. The lowest BCUT2D eigenvalue weighted by atomic mass is 10.1. The summed E-state index contributed by atoms with van der Waals surface area (Å²) >= 11 is 5.84. The highest BCUT2D eigenvalue weighted by Crippen LogP contribution is 2.33. The van der Waals surface area contributed by atoms with E-state index in [1.807, 2.05) is 0 Å². The number of nitro benzene ring substituents is 1. The fraction of sp³-hybridized carbons (Fsp3) is 0.562. The van der Waals surface area contributed by atoms with Crippen LogP contribution in [0.1, 0.15) is 27.2 Å². The van der Waals surface area contributed by atoms with Crippen LogP contribution in [0.3, 0.4) is 0 Å². The zero-order chi connectivity index (χ0) is 19.7. The van der Waals surface area contributed by atoms with Gasteiger partial charge < -0.3 is 4.74 Å². The van der Waals surface area contributed by atoms with Gasteiger partial charge >= 0.3 is 6.09 Å². The van der Waals surface area contributed by atoms with Crippen molar-refractivity contribution < 1.29 is 22.9 Å². The summed E-state index contributed by atoms with van der Waals surface area (Å²) in [5, 5.41) is 11.5. The van der Waals surface area contributed by atoms with E-state index in [9.17, 15) is 23.3 Å². The summed E-state index contributed by atoms with van der Waals surface area (Å²) in [5.41, 5.74) is -1.03. The quantitative estimate of drug-likeness (QED) is 0.549. The molecular weight excluding hydrogens is 384 g/mol. The van der Waals surface area contributed by atoms with Crippen LogP contribution < -0.4 is 4.90 Å². The van der Waals surface area contributed by atoms with Crippen LogP contribution in [0.25, 0.3) is 0 Å². The van der Waals surface area contributed by atoms with Crippen LogP contribution in [0.5, 0.6) is 0 Å². The summed E-state index contributed by atoms with van der Waals surface area (Å²) in [6.07, 6.45) is -0.330. The molecule has 2 rings (SSSR count). The fourth-order valence-corrected chi connectivity index (χ4v) is 4.48. The molecule has 1 aromatic rings. The predicted octanol–water partition coefficient (Wildman–Crippen LogP) is 3.42. The van der Waals surface area contributed by atoms with Gasteiger partial charge in [-0.15, -0.1) is 0 Å². The van der Waals surface area contributed by atoms with Gasteiger partial charge in [0.25, 0.3) is 5.69 Å². The zero-order valence-electron chi connectivity index (χ0n) is 14.8. The number of anilines is 1. The predicted molar refractivity (Wildman–Crippen MR) is 98.4 cm³/mol. The molecule has 26 heavy (non-hydrogen) atoms. The van der Waals surface area contributed by atoms with E-state index in [0.29, 0.717) is 6.42 Å². The fourth-order valence-electron chi connectivity index (χ4n) is 2.65. The second-order valence-electron chi connectivity index (χ2n) is 7.25. The van der Waals surface area contributed by atoms with Gasteiger partial charge in [-0.1, -0.05) is 11.6 Å². The maximum absolute atomic E-state index is 12.6. The van der Waals surface area contributed by atoms with Crippen molar-refractivity contribution in [2.24, 2.45) is 5.92 Å². The maximum atomic E-state index is 12.6. The SMILES string of the molecule is CC(C)(C)OC(=O)N(CCC1CS(=O)(=O)C1)c1ccc(Cl)cc1[N+](=O)[O-]. The van der Waals surface area contributed by atoms with Gasteiger partial charge in [0, 0.05) is 17.6 Å². The van der Waals surface area contributed by atoms with Crippen LogP contribution in [-0.2, 0) is 14.6 Å². The minimum Gasteiger partial charge on any atom is -0.443 e. The van der Waals surface area contributed by atoms with Gasteiger partial charge in [-0.3, -0.25) is 15.0 Å². The lowest BCUT2D eigenvalue weighted by molar-refractivity contribution is -0.384. The van der Waals surface area contributed by atoms with Crippen molar-refractivity contribution >= 4 is 38.9 Å². The van der Waals surface area contributed by atoms with Gasteiger partial charge in [0.1, 0.15) is 11.3 Å². The summed E-state index contributed by atoms with van der Waals surface area (Å²) in [4.78, 5) is 24.5. The Morgan fingerprint density at radius 1 is 1.38 bits per heavy atom. The molecule has 0 bridgehead atoms. The van der Waals surface area contributed by atoms with E-state index >= 15 is 0 Å². The molecule has 144 valence electrons. The number of carbonyl (C=O) groups is 1. The van der Waals surface area contributed by atoms with Crippen LogP contribution in [0.15, 0.2) is 18.2 Å². The Bertz CT molecular complexity index is 807. The van der Waals surface area contributed by atoms with Crippen molar-refractivity contribution in [1.29, 1.82) is 0 Å². The van der Waals surface area contributed by atoms with Crippen molar-refractivity contribution in [2.75, 3.05) is 23.0 Å². The first-order valence-electron chi connectivity index (χ1n) is 8.03. The number of halogens is 1. The molecule has 1 fully saturated rings. The summed E-state index contributed by atoms with van der Waals surface area (Å²) in [6, 6.07) is 4.01. The molecule has 1 heterocycles. The number of hydrogen-bond acceptors (Lipinski definition) is 6. The van der Waals surface area contributed by atoms with Crippen molar-refractivity contribution in [3.8, 4) is 0 Å². The maximum Gasteiger partial charge on any atom is 0.415 e. The third kappa shape index (κ3) is 5.31. The van der Waals surface area contributed by atoms with Crippen LogP contribution in [0.4, 0.5) is 16.2 Å². The minimum atomic E-state index is -2.98. The van der Waals surface area contributed by atoms with E-state index in [0.717, 1.165) is 0 Å². The van der Waals surface area contributed by atoms with Crippen molar-refractivity contribution in [3.05, 3.63) is 33.3 Å². The number of hydrogen-bond donors (Lipinski definition) is 0. The van der Waals surface area contributed by atoms with E-state index in [-0.39, 0.29) is 40.4 Å². The van der Waals surface area contributed by atoms with Gasteiger partial charge in [-0.2, -0.15) is 0 Å². The van der Waals surface area contributed by atoms with E-state index in [2.05, 4.69) is 0 Å². The normalized spacial score (nSPS) is 16.6. The van der Waals surface area contributed by atoms with E-state index in [1.54, 1.807) is 20.8 Å². The third-order valence-corrected chi connectivity index (χ3v) is 5.97. The van der Waals surface area contributed by atoms with Gasteiger partial charge in [0.05, 0.1) is 16.4 Å². The third-order valence-electron chi connectivity index (χ3n) is 3.78. The van der Waals surface area contributed by atoms with Gasteiger partial charge in [-0.05, 0) is 45.2 Å². The first-order valence-corrected chi connectivity index (χ1v) is 10.2. The molecule has 0 unspecified atom stereocenters. The topological polar surface area (TPSA) is 107 Å². The largest absolute Gasteiger partial charge is 0.443 e. The van der Waals surface area contributed by atoms with E-state index in [1.165, 1.54) is 23.1 Å². The Balaban J connectivity index is 2.28. The molecule has 0 spiro atoms. The number of nitrogens with zero attached hydrogens (tertiary/aromatic N) is 2. The van der Waals surface area contributed by atoms with Crippen LogP contribution in [-0.4, -0.2) is 43.1 Å². The number of nitro groups is 1. The van der Waals surface area contributed by atoms with E-state index < -0.39 is 26.5 Å². The number of rotatable bonds is 5. The molecule has 1 aromatic carbocycles. The summed E-state index contributed by atoms with van der Waals surface area (Å²) < 4.78 is 28.0. The lowest BCUT2D eigenvalue weighted by Gasteiger charge is -2.30. The van der Waals surface area contributed by atoms with Crippen molar-refractivity contribution in [1.82, 2.24) is 0 Å². The highest BCUT2D eigenvalue weighted by atomic mass is 35.5. The van der Waals surface area contributed by atoms with Crippen molar-refractivity contribution in [3.63, 3.8) is 0 Å².